The van der Waals surface area contributed by atoms with Gasteiger partial charge in [-0.3, -0.25) is 0 Å². The van der Waals surface area contributed by atoms with Crippen LogP contribution in [-0.4, -0.2) is 35.4 Å². The molecule has 122 valence electrons. The van der Waals surface area contributed by atoms with Crippen molar-refractivity contribution in [1.29, 1.82) is 0 Å². The van der Waals surface area contributed by atoms with Gasteiger partial charge in [0.05, 0.1) is 19.0 Å². The molecule has 0 atom stereocenters. The van der Waals surface area contributed by atoms with Crippen LogP contribution in [0.15, 0.2) is 18.7 Å². The van der Waals surface area contributed by atoms with E-state index in [0.717, 1.165) is 32.7 Å². The minimum Gasteiger partial charge on any atom is -0.378 e. The van der Waals surface area contributed by atoms with Crippen molar-refractivity contribution in [3.8, 4) is 0 Å². The van der Waals surface area contributed by atoms with Crippen LogP contribution in [0.5, 0.6) is 0 Å². The zero-order valence-corrected chi connectivity index (χ0v) is 14.6. The standard InChI is InChI=1S/C17H33N3O/c1-15(2)21-13-17(5,6)11-16(3,4)12-18-7-9-20-10-8-19-14-20/h8,10,14-15,18H,7,9,11-13H2,1-6H3. The summed E-state index contributed by atoms with van der Waals surface area (Å²) in [7, 11) is 0. The van der Waals surface area contributed by atoms with Crippen LogP contribution >= 0.6 is 0 Å². The maximum atomic E-state index is 5.80. The fourth-order valence-corrected chi connectivity index (χ4v) is 2.86. The lowest BCUT2D eigenvalue weighted by Gasteiger charge is -2.35. The van der Waals surface area contributed by atoms with Crippen molar-refractivity contribution < 1.29 is 4.74 Å². The number of nitrogens with one attached hydrogen (secondary N) is 1. The van der Waals surface area contributed by atoms with Crippen molar-refractivity contribution in [2.24, 2.45) is 10.8 Å². The summed E-state index contributed by atoms with van der Waals surface area (Å²) in [5.41, 5.74) is 0.471. The van der Waals surface area contributed by atoms with E-state index in [0.29, 0.717) is 6.10 Å². The second-order valence-electron chi connectivity index (χ2n) is 7.84. The van der Waals surface area contributed by atoms with Crippen LogP contribution in [0.25, 0.3) is 0 Å². The molecule has 0 radical (unpaired) electrons. The van der Waals surface area contributed by atoms with Gasteiger partial charge in [0.15, 0.2) is 0 Å². The summed E-state index contributed by atoms with van der Waals surface area (Å²) in [6.07, 6.45) is 7.13. The fraction of sp³-hybridized carbons (Fsp3) is 0.824. The summed E-state index contributed by atoms with van der Waals surface area (Å²) in [4.78, 5) is 4.05. The van der Waals surface area contributed by atoms with Gasteiger partial charge in [0, 0.05) is 32.0 Å². The Kier molecular flexibility index (Phi) is 6.88. The lowest BCUT2D eigenvalue weighted by atomic mass is 9.75. The van der Waals surface area contributed by atoms with Crippen LogP contribution in [0.3, 0.4) is 0 Å². The Morgan fingerprint density at radius 1 is 1.19 bits per heavy atom. The van der Waals surface area contributed by atoms with Gasteiger partial charge in [-0.15, -0.1) is 0 Å². The molecule has 4 nitrogen and oxygen atoms in total. The van der Waals surface area contributed by atoms with Crippen LogP contribution in [0, 0.1) is 10.8 Å². The van der Waals surface area contributed by atoms with Gasteiger partial charge < -0.3 is 14.6 Å². The van der Waals surface area contributed by atoms with E-state index >= 15 is 0 Å². The first-order chi connectivity index (χ1) is 9.70. The smallest absolute Gasteiger partial charge is 0.0946 e. The Hall–Kier alpha value is -0.870. The van der Waals surface area contributed by atoms with Crippen LogP contribution in [0.2, 0.25) is 0 Å². The molecule has 0 fully saturated rings. The average Bonchev–Trinajstić information content (AvgIpc) is 2.84. The van der Waals surface area contributed by atoms with Crippen LogP contribution in [0.1, 0.15) is 48.0 Å². The zero-order valence-electron chi connectivity index (χ0n) is 14.6. The van der Waals surface area contributed by atoms with Gasteiger partial charge in [-0.2, -0.15) is 0 Å². The number of nitrogens with zero attached hydrogens (tertiary/aromatic N) is 2. The van der Waals surface area contributed by atoms with Crippen molar-refractivity contribution in [2.45, 2.75) is 60.6 Å². The van der Waals surface area contributed by atoms with Crippen molar-refractivity contribution in [3.05, 3.63) is 18.7 Å². The molecule has 0 spiro atoms. The zero-order chi connectivity index (χ0) is 15.9. The molecule has 0 bridgehead atoms. The van der Waals surface area contributed by atoms with E-state index in [2.05, 4.69) is 56.4 Å². The maximum absolute atomic E-state index is 5.80. The summed E-state index contributed by atoms with van der Waals surface area (Å²) in [5.74, 6) is 0. The second-order valence-corrected chi connectivity index (χ2v) is 7.84. The van der Waals surface area contributed by atoms with Gasteiger partial charge in [-0.05, 0) is 31.1 Å². The van der Waals surface area contributed by atoms with Gasteiger partial charge in [0.1, 0.15) is 0 Å². The van der Waals surface area contributed by atoms with Crippen molar-refractivity contribution in [1.82, 2.24) is 14.9 Å². The molecule has 0 saturated carbocycles. The molecule has 1 rings (SSSR count). The number of hydrogen-bond donors (Lipinski definition) is 1. The highest BCUT2D eigenvalue weighted by atomic mass is 16.5. The number of imidazole rings is 1. The molecule has 0 saturated heterocycles. The molecule has 0 aliphatic carbocycles. The largest absolute Gasteiger partial charge is 0.378 e. The SMILES string of the molecule is CC(C)OCC(C)(C)CC(C)(C)CNCCn1ccnc1. The molecule has 1 aromatic heterocycles. The van der Waals surface area contributed by atoms with Gasteiger partial charge in [0.25, 0.3) is 0 Å². The van der Waals surface area contributed by atoms with E-state index in [1.54, 1.807) is 0 Å². The van der Waals surface area contributed by atoms with Crippen molar-refractivity contribution in [2.75, 3.05) is 19.7 Å². The van der Waals surface area contributed by atoms with E-state index in [-0.39, 0.29) is 10.8 Å². The number of ether oxygens (including phenoxy) is 1. The molecule has 21 heavy (non-hydrogen) atoms. The number of aromatic nitrogens is 2. The molecule has 0 aromatic carbocycles. The molecule has 0 aliphatic rings. The quantitative estimate of drug-likeness (QED) is 0.673. The minimum absolute atomic E-state index is 0.208. The van der Waals surface area contributed by atoms with Crippen LogP contribution in [-0.2, 0) is 11.3 Å². The van der Waals surface area contributed by atoms with Crippen molar-refractivity contribution >= 4 is 0 Å². The molecule has 0 aliphatic heterocycles. The van der Waals surface area contributed by atoms with E-state index in [1.165, 1.54) is 0 Å². The Morgan fingerprint density at radius 2 is 1.90 bits per heavy atom. The third-order valence-corrected chi connectivity index (χ3v) is 3.47. The summed E-state index contributed by atoms with van der Waals surface area (Å²) in [6.45, 7) is 17.2. The monoisotopic (exact) mass is 295 g/mol. The lowest BCUT2D eigenvalue weighted by molar-refractivity contribution is 0.00343. The lowest BCUT2D eigenvalue weighted by Crippen LogP contribution is -2.36. The number of rotatable bonds is 10. The van der Waals surface area contributed by atoms with E-state index in [4.69, 9.17) is 4.74 Å². The molecular weight excluding hydrogens is 262 g/mol. The van der Waals surface area contributed by atoms with Gasteiger partial charge in [-0.25, -0.2) is 4.98 Å². The highest BCUT2D eigenvalue weighted by Gasteiger charge is 2.29. The molecule has 0 amide bonds. The number of hydrogen-bond acceptors (Lipinski definition) is 3. The predicted molar refractivity (Wildman–Crippen MR) is 88.4 cm³/mol. The molecule has 1 heterocycles. The molecule has 0 unspecified atom stereocenters. The molecule has 4 heteroatoms. The summed E-state index contributed by atoms with van der Waals surface area (Å²) in [5, 5.41) is 3.56. The molecule has 1 N–H and O–H groups in total. The Balaban J connectivity index is 2.28. The summed E-state index contributed by atoms with van der Waals surface area (Å²) >= 11 is 0. The Labute approximate surface area is 130 Å². The highest BCUT2D eigenvalue weighted by molar-refractivity contribution is 4.81. The summed E-state index contributed by atoms with van der Waals surface area (Å²) in [6, 6.07) is 0. The minimum atomic E-state index is 0.208. The second kappa shape index (κ2) is 7.95. The Morgan fingerprint density at radius 3 is 2.48 bits per heavy atom. The van der Waals surface area contributed by atoms with Gasteiger partial charge in [0.2, 0.25) is 0 Å². The maximum Gasteiger partial charge on any atom is 0.0946 e. The molecule has 1 aromatic rings. The molecular formula is C17H33N3O. The van der Waals surface area contributed by atoms with Crippen LogP contribution in [0.4, 0.5) is 0 Å². The topological polar surface area (TPSA) is 39.1 Å². The average molecular weight is 295 g/mol. The first-order valence-corrected chi connectivity index (χ1v) is 7.98. The van der Waals surface area contributed by atoms with Gasteiger partial charge >= 0.3 is 0 Å². The van der Waals surface area contributed by atoms with Crippen molar-refractivity contribution in [3.63, 3.8) is 0 Å². The third kappa shape index (κ3) is 8.22. The summed E-state index contributed by atoms with van der Waals surface area (Å²) < 4.78 is 7.89. The first-order valence-electron chi connectivity index (χ1n) is 7.98. The first kappa shape index (κ1) is 18.2. The predicted octanol–water partition coefficient (Wildman–Crippen LogP) is 3.34. The van der Waals surface area contributed by atoms with Crippen LogP contribution < -0.4 is 5.32 Å². The Bertz CT molecular complexity index is 383. The van der Waals surface area contributed by atoms with E-state index in [9.17, 15) is 0 Å². The van der Waals surface area contributed by atoms with E-state index < -0.39 is 0 Å². The van der Waals surface area contributed by atoms with Gasteiger partial charge in [-0.1, -0.05) is 27.7 Å². The normalized spacial score (nSPS) is 13.1. The fourth-order valence-electron chi connectivity index (χ4n) is 2.86. The van der Waals surface area contributed by atoms with E-state index in [1.807, 2.05) is 18.7 Å². The third-order valence-electron chi connectivity index (χ3n) is 3.47. The highest BCUT2D eigenvalue weighted by Crippen LogP contribution is 2.33.